The van der Waals surface area contributed by atoms with Gasteiger partial charge in [-0.15, -0.1) is 0 Å². The first-order valence-electron chi connectivity index (χ1n) is 9.67. The Hall–Kier alpha value is -2.53. The van der Waals surface area contributed by atoms with Crippen molar-refractivity contribution in [2.45, 2.75) is 45.4 Å². The number of ether oxygens (including phenoxy) is 1. The minimum atomic E-state index is -0.532. The Kier molecular flexibility index (Phi) is 5.27. The monoisotopic (exact) mass is 398 g/mol. The molecule has 0 radical (unpaired) electrons. The van der Waals surface area contributed by atoms with Gasteiger partial charge in [0.1, 0.15) is 5.75 Å². The van der Waals surface area contributed by atoms with Crippen LogP contribution in [-0.2, 0) is 22.7 Å². The molecule has 0 saturated heterocycles. The summed E-state index contributed by atoms with van der Waals surface area (Å²) in [6.45, 7) is 2.75. The smallest absolute Gasteiger partial charge is 0.264 e. The molecule has 1 unspecified atom stereocenters. The lowest BCUT2D eigenvalue weighted by Gasteiger charge is -2.23. The molecule has 1 fully saturated rings. The Morgan fingerprint density at radius 3 is 2.75 bits per heavy atom. The molecule has 1 aliphatic carbocycles. The van der Waals surface area contributed by atoms with Gasteiger partial charge in [-0.25, -0.2) is 0 Å². The predicted molar refractivity (Wildman–Crippen MR) is 108 cm³/mol. The number of anilines is 1. The van der Waals surface area contributed by atoms with Gasteiger partial charge in [0.05, 0.1) is 0 Å². The molecule has 1 aliphatic heterocycles. The third-order valence-corrected chi connectivity index (χ3v) is 5.55. The predicted octanol–water partition coefficient (Wildman–Crippen LogP) is 4.39. The third kappa shape index (κ3) is 3.99. The molecule has 0 bridgehead atoms. The van der Waals surface area contributed by atoms with Gasteiger partial charge in [0.25, 0.3) is 5.91 Å². The van der Waals surface area contributed by atoms with Gasteiger partial charge >= 0.3 is 0 Å². The highest BCUT2D eigenvalue weighted by Crippen LogP contribution is 2.33. The fourth-order valence-electron chi connectivity index (χ4n) is 3.40. The molecule has 0 spiro atoms. The van der Waals surface area contributed by atoms with E-state index in [2.05, 4.69) is 5.32 Å². The van der Waals surface area contributed by atoms with E-state index in [1.807, 2.05) is 49.4 Å². The molecule has 146 valence electrons. The van der Waals surface area contributed by atoms with Crippen molar-refractivity contribution in [1.29, 1.82) is 0 Å². The van der Waals surface area contributed by atoms with Crippen molar-refractivity contribution in [2.75, 3.05) is 5.32 Å². The van der Waals surface area contributed by atoms with Crippen LogP contribution in [0.3, 0.4) is 0 Å². The average molecular weight is 399 g/mol. The fourth-order valence-corrected chi connectivity index (χ4v) is 3.60. The average Bonchev–Trinajstić information content (AvgIpc) is 3.53. The molecule has 1 saturated carbocycles. The van der Waals surface area contributed by atoms with Crippen LogP contribution >= 0.6 is 11.6 Å². The summed E-state index contributed by atoms with van der Waals surface area (Å²) in [5.74, 6) is 0.830. The standard InChI is InChI=1S/C22H23ClN2O3/c1-2-19-22(27)25(12-15-5-3-4-6-18(15)23)13-16-11-17(9-10-20(16)28-19)24-21(26)14-7-8-14/h3-6,9-11,14,19H,2,7-8,12-13H2,1H3,(H,24,26). The Balaban J connectivity index is 1.61. The number of nitrogens with one attached hydrogen (secondary N) is 1. The van der Waals surface area contributed by atoms with Crippen LogP contribution in [0.5, 0.6) is 5.75 Å². The summed E-state index contributed by atoms with van der Waals surface area (Å²) in [6.07, 6.45) is 1.96. The number of hydrogen-bond acceptors (Lipinski definition) is 3. The summed E-state index contributed by atoms with van der Waals surface area (Å²) >= 11 is 6.30. The molecule has 2 aromatic carbocycles. The van der Waals surface area contributed by atoms with Crippen LogP contribution in [0.1, 0.15) is 37.3 Å². The number of hydrogen-bond donors (Lipinski definition) is 1. The molecule has 1 atom stereocenters. The number of carbonyl (C=O) groups excluding carboxylic acids is 2. The first-order valence-corrected chi connectivity index (χ1v) is 10.1. The number of amides is 2. The highest BCUT2D eigenvalue weighted by Gasteiger charge is 2.32. The maximum Gasteiger partial charge on any atom is 0.264 e. The van der Waals surface area contributed by atoms with Crippen molar-refractivity contribution in [1.82, 2.24) is 4.90 Å². The largest absolute Gasteiger partial charge is 0.480 e. The zero-order valence-corrected chi connectivity index (χ0v) is 16.5. The van der Waals surface area contributed by atoms with Crippen LogP contribution in [0, 0.1) is 5.92 Å². The molecular weight excluding hydrogens is 376 g/mol. The highest BCUT2D eigenvalue weighted by molar-refractivity contribution is 6.31. The second kappa shape index (κ2) is 7.84. The van der Waals surface area contributed by atoms with Crippen LogP contribution in [0.25, 0.3) is 0 Å². The lowest BCUT2D eigenvalue weighted by molar-refractivity contribution is -0.139. The molecule has 4 rings (SSSR count). The maximum atomic E-state index is 13.0. The molecule has 2 aliphatic rings. The van der Waals surface area contributed by atoms with E-state index in [1.54, 1.807) is 4.90 Å². The van der Waals surface area contributed by atoms with E-state index in [0.29, 0.717) is 30.3 Å². The van der Waals surface area contributed by atoms with Gasteiger partial charge in [0, 0.05) is 35.3 Å². The molecule has 0 aromatic heterocycles. The lowest BCUT2D eigenvalue weighted by Crippen LogP contribution is -2.38. The van der Waals surface area contributed by atoms with Gasteiger partial charge in [-0.05, 0) is 49.1 Å². The molecule has 1 heterocycles. The molecule has 1 N–H and O–H groups in total. The van der Waals surface area contributed by atoms with E-state index in [4.69, 9.17) is 16.3 Å². The summed E-state index contributed by atoms with van der Waals surface area (Å²) in [4.78, 5) is 26.9. The van der Waals surface area contributed by atoms with Crippen LogP contribution in [0.2, 0.25) is 5.02 Å². The zero-order chi connectivity index (χ0) is 19.7. The summed E-state index contributed by atoms with van der Waals surface area (Å²) in [5, 5.41) is 3.60. The topological polar surface area (TPSA) is 58.6 Å². The van der Waals surface area contributed by atoms with Crippen molar-refractivity contribution in [3.8, 4) is 5.75 Å². The van der Waals surface area contributed by atoms with Crippen molar-refractivity contribution in [3.05, 3.63) is 58.6 Å². The fraction of sp³-hybridized carbons (Fsp3) is 0.364. The van der Waals surface area contributed by atoms with Gasteiger partial charge in [0.15, 0.2) is 6.10 Å². The van der Waals surface area contributed by atoms with E-state index in [9.17, 15) is 9.59 Å². The van der Waals surface area contributed by atoms with Crippen LogP contribution in [-0.4, -0.2) is 22.8 Å². The van der Waals surface area contributed by atoms with E-state index in [-0.39, 0.29) is 17.7 Å². The van der Waals surface area contributed by atoms with Crippen molar-refractivity contribution in [3.63, 3.8) is 0 Å². The van der Waals surface area contributed by atoms with Gasteiger partial charge in [-0.2, -0.15) is 0 Å². The van der Waals surface area contributed by atoms with E-state index < -0.39 is 6.10 Å². The number of halogens is 1. The molecule has 28 heavy (non-hydrogen) atoms. The lowest BCUT2D eigenvalue weighted by atomic mass is 10.1. The van der Waals surface area contributed by atoms with Crippen molar-refractivity contribution in [2.24, 2.45) is 5.92 Å². The number of benzene rings is 2. The number of carbonyl (C=O) groups is 2. The molecule has 2 aromatic rings. The minimum absolute atomic E-state index is 0.0535. The Bertz CT molecular complexity index is 910. The Labute approximate surface area is 169 Å². The molecule has 6 heteroatoms. The van der Waals surface area contributed by atoms with Gasteiger partial charge in [-0.1, -0.05) is 36.7 Å². The molecular formula is C22H23ClN2O3. The first-order chi connectivity index (χ1) is 13.5. The summed E-state index contributed by atoms with van der Waals surface area (Å²) < 4.78 is 6.00. The SMILES string of the molecule is CCC1Oc2ccc(NC(=O)C3CC3)cc2CN(Cc2ccccc2Cl)C1=O. The highest BCUT2D eigenvalue weighted by atomic mass is 35.5. The number of rotatable bonds is 5. The normalized spacial score (nSPS) is 18.9. The quantitative estimate of drug-likeness (QED) is 0.812. The van der Waals surface area contributed by atoms with Crippen molar-refractivity contribution < 1.29 is 14.3 Å². The third-order valence-electron chi connectivity index (χ3n) is 5.18. The Morgan fingerprint density at radius 2 is 2.04 bits per heavy atom. The van der Waals surface area contributed by atoms with E-state index >= 15 is 0 Å². The molecule has 2 amide bonds. The van der Waals surface area contributed by atoms with Crippen LogP contribution in [0.15, 0.2) is 42.5 Å². The number of fused-ring (bicyclic) bond motifs is 1. The van der Waals surface area contributed by atoms with Gasteiger partial charge < -0.3 is 15.0 Å². The van der Waals surface area contributed by atoms with Gasteiger partial charge in [0.2, 0.25) is 5.91 Å². The second-order valence-electron chi connectivity index (χ2n) is 7.39. The number of nitrogens with zero attached hydrogens (tertiary/aromatic N) is 1. The summed E-state index contributed by atoms with van der Waals surface area (Å²) in [7, 11) is 0. The van der Waals surface area contributed by atoms with E-state index in [1.165, 1.54) is 0 Å². The summed E-state index contributed by atoms with van der Waals surface area (Å²) in [6, 6.07) is 13.1. The van der Waals surface area contributed by atoms with Crippen molar-refractivity contribution >= 4 is 29.1 Å². The first kappa shape index (κ1) is 18.8. The molecule has 5 nitrogen and oxygen atoms in total. The summed E-state index contributed by atoms with van der Waals surface area (Å²) in [5.41, 5.74) is 2.51. The Morgan fingerprint density at radius 1 is 1.25 bits per heavy atom. The van der Waals surface area contributed by atoms with Crippen LogP contribution < -0.4 is 10.1 Å². The second-order valence-corrected chi connectivity index (χ2v) is 7.79. The minimum Gasteiger partial charge on any atom is -0.480 e. The zero-order valence-electron chi connectivity index (χ0n) is 15.8. The maximum absolute atomic E-state index is 13.0. The van der Waals surface area contributed by atoms with Crippen LogP contribution in [0.4, 0.5) is 5.69 Å². The van der Waals surface area contributed by atoms with Gasteiger partial charge in [-0.3, -0.25) is 9.59 Å². The van der Waals surface area contributed by atoms with E-state index in [0.717, 1.165) is 29.7 Å².